The van der Waals surface area contributed by atoms with Crippen molar-refractivity contribution >= 4 is 41.2 Å². The maximum atomic E-state index is 15.1. The molecule has 1 aromatic heterocycles. The van der Waals surface area contributed by atoms with Crippen LogP contribution in [0, 0.1) is 11.6 Å². The molecule has 0 fully saturated rings. The van der Waals surface area contributed by atoms with Crippen LogP contribution in [-0.4, -0.2) is 29.5 Å². The number of halogens is 4. The van der Waals surface area contributed by atoms with Crippen molar-refractivity contribution in [2.24, 2.45) is 10.9 Å². The van der Waals surface area contributed by atoms with Gasteiger partial charge in [0.05, 0.1) is 35.7 Å². The predicted molar refractivity (Wildman–Crippen MR) is 157 cm³/mol. The molecule has 11 heteroatoms. The molecule has 4 rings (SSSR count). The molecule has 40 heavy (non-hydrogen) atoms. The standard InChI is InChI=1S/C29H28Cl2F2N4O2S/c1-29(2,18-5-10-23(30)26(13-18)38-3)27-16-35-28(37(27)20-8-6-19(32)7-9-20)40-17-22-24(31)14-21(15-25(22)33)39-12-4-11-36-34/h5-11,13-16H,4,12,17,34H2,1-3H3/b36-11+. The average Bonchev–Trinajstić information content (AvgIpc) is 3.36. The summed E-state index contributed by atoms with van der Waals surface area (Å²) in [6.07, 6.45) is 3.76. The Morgan fingerprint density at radius 1 is 1.07 bits per heavy atom. The maximum Gasteiger partial charge on any atom is 0.173 e. The minimum absolute atomic E-state index is 0.206. The van der Waals surface area contributed by atoms with E-state index < -0.39 is 11.2 Å². The van der Waals surface area contributed by atoms with E-state index in [1.807, 2.05) is 16.7 Å². The second-order valence-electron chi connectivity index (χ2n) is 9.34. The van der Waals surface area contributed by atoms with E-state index in [2.05, 4.69) is 23.9 Å². The van der Waals surface area contributed by atoms with Crippen LogP contribution in [0.1, 0.15) is 37.1 Å². The third-order valence-electron chi connectivity index (χ3n) is 6.41. The van der Waals surface area contributed by atoms with Gasteiger partial charge in [0, 0.05) is 41.1 Å². The minimum Gasteiger partial charge on any atom is -0.495 e. The Balaban J connectivity index is 1.68. The van der Waals surface area contributed by atoms with Gasteiger partial charge in [-0.3, -0.25) is 4.57 Å². The third-order valence-corrected chi connectivity index (χ3v) is 8.04. The highest BCUT2D eigenvalue weighted by molar-refractivity contribution is 7.98. The van der Waals surface area contributed by atoms with Gasteiger partial charge in [0.15, 0.2) is 5.16 Å². The number of imidazole rings is 1. The van der Waals surface area contributed by atoms with Crippen LogP contribution in [0.4, 0.5) is 8.78 Å². The quantitative estimate of drug-likeness (QED) is 0.0621. The second kappa shape index (κ2) is 12.9. The van der Waals surface area contributed by atoms with Gasteiger partial charge in [-0.05, 0) is 48.0 Å². The van der Waals surface area contributed by atoms with Crippen molar-refractivity contribution in [2.75, 3.05) is 13.7 Å². The van der Waals surface area contributed by atoms with Crippen molar-refractivity contribution in [1.82, 2.24) is 9.55 Å². The lowest BCUT2D eigenvalue weighted by molar-refractivity contribution is 0.328. The summed E-state index contributed by atoms with van der Waals surface area (Å²) < 4.78 is 41.8. The number of hydrogen-bond donors (Lipinski definition) is 1. The van der Waals surface area contributed by atoms with Gasteiger partial charge in [-0.15, -0.1) is 0 Å². The van der Waals surface area contributed by atoms with Crippen LogP contribution in [0.5, 0.6) is 11.5 Å². The van der Waals surface area contributed by atoms with E-state index in [-0.39, 0.29) is 23.2 Å². The lowest BCUT2D eigenvalue weighted by Gasteiger charge is -2.28. The van der Waals surface area contributed by atoms with Crippen molar-refractivity contribution in [1.29, 1.82) is 0 Å². The molecule has 0 radical (unpaired) electrons. The molecule has 0 unspecified atom stereocenters. The van der Waals surface area contributed by atoms with E-state index in [1.54, 1.807) is 37.6 Å². The molecule has 0 atom stereocenters. The van der Waals surface area contributed by atoms with Crippen molar-refractivity contribution < 1.29 is 18.3 Å². The zero-order chi connectivity index (χ0) is 28.9. The number of aromatic nitrogens is 2. The first-order chi connectivity index (χ1) is 19.1. The molecular weight excluding hydrogens is 577 g/mol. The number of methoxy groups -OCH3 is 1. The summed E-state index contributed by atoms with van der Waals surface area (Å²) in [6.45, 7) is 4.39. The Hall–Kier alpha value is -3.27. The third kappa shape index (κ3) is 6.54. The van der Waals surface area contributed by atoms with Gasteiger partial charge in [0.2, 0.25) is 0 Å². The topological polar surface area (TPSA) is 74.7 Å². The van der Waals surface area contributed by atoms with Crippen molar-refractivity contribution in [3.8, 4) is 17.2 Å². The fourth-order valence-corrected chi connectivity index (χ4v) is 5.72. The Morgan fingerprint density at radius 3 is 2.50 bits per heavy atom. The number of nitrogens with two attached hydrogens (primary N) is 1. The van der Waals surface area contributed by atoms with Crippen LogP contribution in [0.3, 0.4) is 0 Å². The van der Waals surface area contributed by atoms with E-state index in [0.29, 0.717) is 39.3 Å². The van der Waals surface area contributed by atoms with Gasteiger partial charge in [-0.1, -0.05) is 54.9 Å². The van der Waals surface area contributed by atoms with Gasteiger partial charge < -0.3 is 15.3 Å². The molecule has 0 aliphatic rings. The Labute approximate surface area is 246 Å². The molecule has 0 saturated carbocycles. The molecule has 3 aromatic carbocycles. The first-order valence-electron chi connectivity index (χ1n) is 12.3. The van der Waals surface area contributed by atoms with Crippen LogP contribution < -0.4 is 15.3 Å². The average molecular weight is 606 g/mol. The lowest BCUT2D eigenvalue weighted by atomic mass is 9.81. The number of nitrogens with zero attached hydrogens (tertiary/aromatic N) is 3. The van der Waals surface area contributed by atoms with Crippen molar-refractivity contribution in [2.45, 2.75) is 36.6 Å². The molecule has 0 saturated heterocycles. The largest absolute Gasteiger partial charge is 0.495 e. The smallest absolute Gasteiger partial charge is 0.173 e. The van der Waals surface area contributed by atoms with Crippen molar-refractivity contribution in [3.63, 3.8) is 0 Å². The molecular formula is C29H28Cl2F2N4O2S. The predicted octanol–water partition coefficient (Wildman–Crippen LogP) is 7.80. The van der Waals surface area contributed by atoms with Gasteiger partial charge in [0.1, 0.15) is 23.1 Å². The summed E-state index contributed by atoms with van der Waals surface area (Å²) in [5.41, 5.74) is 2.24. The highest BCUT2D eigenvalue weighted by atomic mass is 35.5. The molecule has 0 amide bonds. The summed E-state index contributed by atoms with van der Waals surface area (Å²) in [5.74, 6) is 5.32. The van der Waals surface area contributed by atoms with Crippen LogP contribution in [0.25, 0.3) is 5.69 Å². The van der Waals surface area contributed by atoms with E-state index >= 15 is 4.39 Å². The molecule has 0 aliphatic heterocycles. The van der Waals surface area contributed by atoms with Gasteiger partial charge in [-0.2, -0.15) is 5.10 Å². The van der Waals surface area contributed by atoms with Gasteiger partial charge >= 0.3 is 0 Å². The zero-order valence-corrected chi connectivity index (χ0v) is 24.5. The highest BCUT2D eigenvalue weighted by Crippen LogP contribution is 2.40. The van der Waals surface area contributed by atoms with Crippen LogP contribution >= 0.6 is 35.0 Å². The van der Waals surface area contributed by atoms with E-state index in [4.69, 9.17) is 38.5 Å². The lowest BCUT2D eigenvalue weighted by Crippen LogP contribution is -2.23. The number of hydrogen-bond acceptors (Lipinski definition) is 6. The van der Waals surface area contributed by atoms with E-state index in [9.17, 15) is 4.39 Å². The van der Waals surface area contributed by atoms with Crippen LogP contribution in [0.15, 0.2) is 71.1 Å². The molecule has 1 heterocycles. The number of ether oxygens (including phenoxy) is 2. The fraction of sp³-hybridized carbons (Fsp3) is 0.241. The van der Waals surface area contributed by atoms with Crippen LogP contribution in [0.2, 0.25) is 10.0 Å². The number of hydrazone groups is 1. The summed E-state index contributed by atoms with van der Waals surface area (Å²) in [6, 6.07) is 14.6. The second-order valence-corrected chi connectivity index (χ2v) is 11.1. The maximum absolute atomic E-state index is 15.1. The fourth-order valence-electron chi connectivity index (χ4n) is 4.16. The monoisotopic (exact) mass is 604 g/mol. The molecule has 0 bridgehead atoms. The number of thioether (sulfide) groups is 1. The zero-order valence-electron chi connectivity index (χ0n) is 22.1. The van der Waals surface area contributed by atoms with Gasteiger partial charge in [0.25, 0.3) is 0 Å². The number of rotatable bonds is 11. The molecule has 6 nitrogen and oxygen atoms in total. The Morgan fingerprint density at radius 2 is 1.82 bits per heavy atom. The number of benzene rings is 3. The SMILES string of the molecule is COc1cc(C(C)(C)c2cnc(SCc3c(F)cc(OCC/C=N/N)cc3Cl)n2-c2ccc(F)cc2)ccc1Cl. The first-order valence-corrected chi connectivity index (χ1v) is 14.0. The summed E-state index contributed by atoms with van der Waals surface area (Å²) >= 11 is 14.0. The van der Waals surface area contributed by atoms with Crippen LogP contribution in [-0.2, 0) is 11.2 Å². The first kappa shape index (κ1) is 29.7. The molecule has 4 aromatic rings. The highest BCUT2D eigenvalue weighted by Gasteiger charge is 2.30. The summed E-state index contributed by atoms with van der Waals surface area (Å²) in [4.78, 5) is 4.68. The van der Waals surface area contributed by atoms with E-state index in [1.165, 1.54) is 36.2 Å². The Kier molecular flexibility index (Phi) is 9.60. The summed E-state index contributed by atoms with van der Waals surface area (Å²) in [5, 5.41) is 4.74. The normalized spacial score (nSPS) is 11.8. The molecule has 0 spiro atoms. The molecule has 0 aliphatic carbocycles. The minimum atomic E-state index is -0.561. The Bertz CT molecular complexity index is 1490. The molecule has 210 valence electrons. The van der Waals surface area contributed by atoms with E-state index in [0.717, 1.165) is 11.3 Å². The van der Waals surface area contributed by atoms with Gasteiger partial charge in [-0.25, -0.2) is 13.8 Å². The van der Waals surface area contributed by atoms with Crippen molar-refractivity contribution in [3.05, 3.63) is 99.3 Å². The molecule has 2 N–H and O–H groups in total. The summed E-state index contributed by atoms with van der Waals surface area (Å²) in [7, 11) is 1.56.